The van der Waals surface area contributed by atoms with E-state index in [2.05, 4.69) is 29.3 Å². The molecule has 2 aromatic rings. The van der Waals surface area contributed by atoms with Crippen molar-refractivity contribution >= 4 is 30.0 Å². The maximum Gasteiger partial charge on any atom is 0.269 e. The summed E-state index contributed by atoms with van der Waals surface area (Å²) in [7, 11) is 0. The quantitative estimate of drug-likeness (QED) is 0.636. The molecular formula is C20H22N6O. The molecule has 7 nitrogen and oxygen atoms in total. The first-order valence-corrected chi connectivity index (χ1v) is 9.13. The zero-order valence-electron chi connectivity index (χ0n) is 15.3. The summed E-state index contributed by atoms with van der Waals surface area (Å²) >= 11 is 0. The molecule has 1 aromatic heterocycles. The van der Waals surface area contributed by atoms with Crippen molar-refractivity contribution in [1.82, 2.24) is 15.1 Å². The van der Waals surface area contributed by atoms with Crippen LogP contribution in [0, 0.1) is 0 Å². The van der Waals surface area contributed by atoms with Gasteiger partial charge in [-0.3, -0.25) is 9.48 Å². The van der Waals surface area contributed by atoms with Crippen LogP contribution in [0.2, 0.25) is 0 Å². The van der Waals surface area contributed by atoms with Crippen molar-refractivity contribution in [1.29, 1.82) is 0 Å². The summed E-state index contributed by atoms with van der Waals surface area (Å²) in [5, 5.41) is 10.9. The van der Waals surface area contributed by atoms with Gasteiger partial charge in [-0.05, 0) is 50.6 Å². The van der Waals surface area contributed by atoms with Crippen molar-refractivity contribution < 1.29 is 4.79 Å². The SMILES string of the molecule is C=N/C(=N\C1=C(C)CCc2c1nn1c2C(=O)NCCC1)Nc1ccccc1. The maximum atomic E-state index is 12.5. The fourth-order valence-corrected chi connectivity index (χ4v) is 3.50. The number of carbonyl (C=O) groups is 1. The molecule has 1 amide bonds. The molecule has 0 radical (unpaired) electrons. The molecule has 0 fully saturated rings. The number of carbonyl (C=O) groups excluding carboxylic acids is 1. The molecule has 0 saturated carbocycles. The van der Waals surface area contributed by atoms with Gasteiger partial charge in [-0.1, -0.05) is 18.2 Å². The lowest BCUT2D eigenvalue weighted by Gasteiger charge is -2.16. The molecule has 27 heavy (non-hydrogen) atoms. The largest absolute Gasteiger partial charge is 0.351 e. The first kappa shape index (κ1) is 17.2. The number of amides is 1. The number of fused-ring (bicyclic) bond motifs is 3. The number of allylic oxidation sites excluding steroid dienone is 1. The third kappa shape index (κ3) is 3.28. The van der Waals surface area contributed by atoms with Gasteiger partial charge in [-0.25, -0.2) is 9.98 Å². The summed E-state index contributed by atoms with van der Waals surface area (Å²) in [5.74, 6) is 0.365. The molecule has 0 bridgehead atoms. The molecule has 0 spiro atoms. The molecule has 2 N–H and O–H groups in total. The minimum atomic E-state index is -0.0476. The van der Waals surface area contributed by atoms with E-state index in [9.17, 15) is 4.79 Å². The monoisotopic (exact) mass is 362 g/mol. The summed E-state index contributed by atoms with van der Waals surface area (Å²) in [6.45, 7) is 7.10. The van der Waals surface area contributed by atoms with E-state index >= 15 is 0 Å². The van der Waals surface area contributed by atoms with Gasteiger partial charge in [-0.15, -0.1) is 0 Å². The Labute approximate surface area is 157 Å². The van der Waals surface area contributed by atoms with Gasteiger partial charge in [0.05, 0.1) is 5.70 Å². The number of hydrogen-bond acceptors (Lipinski definition) is 3. The molecule has 1 aromatic carbocycles. The number of rotatable bonds is 2. The zero-order valence-corrected chi connectivity index (χ0v) is 15.3. The highest BCUT2D eigenvalue weighted by Crippen LogP contribution is 2.34. The average Bonchev–Trinajstić information content (AvgIpc) is 2.96. The van der Waals surface area contributed by atoms with Crippen molar-refractivity contribution in [3.8, 4) is 0 Å². The van der Waals surface area contributed by atoms with Gasteiger partial charge in [-0.2, -0.15) is 5.10 Å². The van der Waals surface area contributed by atoms with Crippen LogP contribution < -0.4 is 10.6 Å². The van der Waals surface area contributed by atoms with Crippen LogP contribution in [0.1, 0.15) is 41.5 Å². The Balaban J connectivity index is 1.74. The second kappa shape index (κ2) is 7.19. The summed E-state index contributed by atoms with van der Waals surface area (Å²) in [6, 6.07) is 9.72. The smallest absolute Gasteiger partial charge is 0.269 e. The van der Waals surface area contributed by atoms with Crippen LogP contribution in [0.3, 0.4) is 0 Å². The first-order valence-electron chi connectivity index (χ1n) is 9.13. The third-order valence-electron chi connectivity index (χ3n) is 4.87. The lowest BCUT2D eigenvalue weighted by molar-refractivity contribution is 0.0949. The zero-order chi connectivity index (χ0) is 18.8. The van der Waals surface area contributed by atoms with Crippen LogP contribution in [0.15, 0.2) is 45.9 Å². The van der Waals surface area contributed by atoms with Gasteiger partial charge in [0.2, 0.25) is 5.96 Å². The van der Waals surface area contributed by atoms with Gasteiger partial charge >= 0.3 is 0 Å². The summed E-state index contributed by atoms with van der Waals surface area (Å²) in [5.41, 5.74) is 5.22. The van der Waals surface area contributed by atoms with Crippen molar-refractivity contribution in [2.45, 2.75) is 32.7 Å². The normalized spacial score (nSPS) is 16.9. The molecule has 138 valence electrons. The van der Waals surface area contributed by atoms with Gasteiger partial charge in [0.25, 0.3) is 5.91 Å². The number of nitrogens with zero attached hydrogens (tertiary/aromatic N) is 4. The lowest BCUT2D eigenvalue weighted by atomic mass is 9.93. The highest BCUT2D eigenvalue weighted by Gasteiger charge is 2.30. The number of benzene rings is 1. The van der Waals surface area contributed by atoms with E-state index in [-0.39, 0.29) is 5.91 Å². The van der Waals surface area contributed by atoms with Crippen molar-refractivity contribution in [2.24, 2.45) is 9.98 Å². The molecule has 2 heterocycles. The van der Waals surface area contributed by atoms with E-state index in [4.69, 9.17) is 10.1 Å². The number of aliphatic imine (C=N–C) groups is 2. The second-order valence-electron chi connectivity index (χ2n) is 6.72. The predicted octanol–water partition coefficient (Wildman–Crippen LogP) is 2.86. The van der Waals surface area contributed by atoms with Gasteiger partial charge in [0, 0.05) is 24.3 Å². The van der Waals surface area contributed by atoms with Gasteiger partial charge in [0.1, 0.15) is 11.4 Å². The van der Waals surface area contributed by atoms with Crippen LogP contribution in [-0.2, 0) is 13.0 Å². The molecule has 0 unspecified atom stereocenters. The highest BCUT2D eigenvalue weighted by atomic mass is 16.2. The Morgan fingerprint density at radius 3 is 2.89 bits per heavy atom. The number of aromatic nitrogens is 2. The van der Waals surface area contributed by atoms with E-state index in [0.29, 0.717) is 18.2 Å². The minimum absolute atomic E-state index is 0.0476. The van der Waals surface area contributed by atoms with Crippen LogP contribution >= 0.6 is 0 Å². The second-order valence-corrected chi connectivity index (χ2v) is 6.72. The molecule has 1 aliphatic heterocycles. The maximum absolute atomic E-state index is 12.5. The number of hydrogen-bond donors (Lipinski definition) is 2. The van der Waals surface area contributed by atoms with Crippen LogP contribution in [-0.4, -0.2) is 34.9 Å². The molecule has 0 atom stereocenters. The van der Waals surface area contributed by atoms with E-state index in [1.807, 2.05) is 35.0 Å². The minimum Gasteiger partial charge on any atom is -0.351 e. The summed E-state index contributed by atoms with van der Waals surface area (Å²) in [6.07, 6.45) is 2.51. The van der Waals surface area contributed by atoms with Crippen molar-refractivity contribution in [3.63, 3.8) is 0 Å². The van der Waals surface area contributed by atoms with E-state index in [1.165, 1.54) is 0 Å². The van der Waals surface area contributed by atoms with Crippen LogP contribution in [0.5, 0.6) is 0 Å². The average molecular weight is 362 g/mol. The van der Waals surface area contributed by atoms with E-state index in [0.717, 1.165) is 54.0 Å². The van der Waals surface area contributed by atoms with Crippen LogP contribution in [0.4, 0.5) is 5.69 Å². The number of anilines is 1. The topological polar surface area (TPSA) is 83.7 Å². The summed E-state index contributed by atoms with van der Waals surface area (Å²) < 4.78 is 1.83. The molecule has 4 rings (SSSR count). The number of guanidine groups is 1. The number of para-hydroxylation sites is 1. The fourth-order valence-electron chi connectivity index (χ4n) is 3.50. The van der Waals surface area contributed by atoms with Crippen molar-refractivity contribution in [2.75, 3.05) is 11.9 Å². The lowest BCUT2D eigenvalue weighted by Crippen LogP contribution is -2.24. The van der Waals surface area contributed by atoms with Crippen LogP contribution in [0.25, 0.3) is 5.70 Å². The van der Waals surface area contributed by atoms with Gasteiger partial charge < -0.3 is 10.6 Å². The van der Waals surface area contributed by atoms with Crippen molar-refractivity contribution in [3.05, 3.63) is 52.9 Å². The standard InChI is InChI=1S/C20H22N6O/c1-13-9-10-15-17(25-26-12-6-11-22-19(27)18(15)26)16(13)24-20(21-2)23-14-7-4-3-5-8-14/h3-5,7-8H,2,6,9-12H2,1H3,(H,22,27)(H,23,24). The Hall–Kier alpha value is -3.22. The van der Waals surface area contributed by atoms with E-state index < -0.39 is 0 Å². The molecular weight excluding hydrogens is 340 g/mol. The summed E-state index contributed by atoms with van der Waals surface area (Å²) in [4.78, 5) is 21.2. The highest BCUT2D eigenvalue weighted by molar-refractivity contribution is 6.01. The molecule has 7 heteroatoms. The molecule has 0 saturated heterocycles. The predicted molar refractivity (Wildman–Crippen MR) is 107 cm³/mol. The number of aryl methyl sites for hydroxylation is 1. The van der Waals surface area contributed by atoms with Gasteiger partial charge in [0.15, 0.2) is 0 Å². The Kier molecular flexibility index (Phi) is 4.58. The first-order chi connectivity index (χ1) is 13.2. The Morgan fingerprint density at radius 1 is 1.30 bits per heavy atom. The molecule has 2 aliphatic rings. The fraction of sp³-hybridized carbons (Fsp3) is 0.300. The number of nitrogens with one attached hydrogen (secondary N) is 2. The Morgan fingerprint density at radius 2 is 2.11 bits per heavy atom. The third-order valence-corrected chi connectivity index (χ3v) is 4.87. The Bertz CT molecular complexity index is 954. The molecule has 1 aliphatic carbocycles. The van der Waals surface area contributed by atoms with E-state index in [1.54, 1.807) is 0 Å².